The largest absolute Gasteiger partial charge is 0.496 e. The van der Waals surface area contributed by atoms with Gasteiger partial charge in [-0.3, -0.25) is 14.9 Å². The molecule has 4 rings (SSSR count). The zero-order valence-corrected chi connectivity index (χ0v) is 22.8. The number of fused-ring (bicyclic) bond motifs is 1. The molecule has 2 aromatic carbocycles. The van der Waals surface area contributed by atoms with Gasteiger partial charge in [-0.25, -0.2) is 4.98 Å². The Labute approximate surface area is 222 Å². The molecule has 2 heterocycles. The zero-order valence-electron chi connectivity index (χ0n) is 21.3. The van der Waals surface area contributed by atoms with Gasteiger partial charge in [-0.2, -0.15) is 0 Å². The summed E-state index contributed by atoms with van der Waals surface area (Å²) >= 11 is 3.61. The van der Waals surface area contributed by atoms with E-state index in [1.165, 1.54) is 13.2 Å². The van der Waals surface area contributed by atoms with Crippen molar-refractivity contribution in [1.29, 1.82) is 0 Å². The number of nitro benzene ring substituents is 1. The van der Waals surface area contributed by atoms with E-state index in [2.05, 4.69) is 26.2 Å². The number of nitrogen functional groups attached to an aromatic ring is 1. The van der Waals surface area contributed by atoms with Gasteiger partial charge in [0.1, 0.15) is 11.6 Å². The van der Waals surface area contributed by atoms with Crippen molar-refractivity contribution in [1.82, 2.24) is 14.9 Å². The van der Waals surface area contributed by atoms with E-state index in [9.17, 15) is 14.9 Å². The fraction of sp³-hybridized carbons (Fsp3) is 0.259. The van der Waals surface area contributed by atoms with Gasteiger partial charge in [-0.1, -0.05) is 19.9 Å². The lowest BCUT2D eigenvalue weighted by Crippen LogP contribution is -2.27. The van der Waals surface area contributed by atoms with Crippen LogP contribution >= 0.6 is 15.9 Å². The Kier molecular flexibility index (Phi) is 7.22. The van der Waals surface area contributed by atoms with Gasteiger partial charge < -0.3 is 20.4 Å². The predicted molar refractivity (Wildman–Crippen MR) is 149 cm³/mol. The highest BCUT2D eigenvalue weighted by Gasteiger charge is 2.25. The van der Waals surface area contributed by atoms with Crippen LogP contribution in [0.5, 0.6) is 5.75 Å². The lowest BCUT2D eigenvalue weighted by molar-refractivity contribution is -0.384. The number of nitrogens with two attached hydrogens (primary N) is 1. The lowest BCUT2D eigenvalue weighted by Gasteiger charge is -2.15. The topological polar surface area (TPSA) is 125 Å². The van der Waals surface area contributed by atoms with Crippen molar-refractivity contribution < 1.29 is 14.5 Å². The highest BCUT2D eigenvalue weighted by Crippen LogP contribution is 2.46. The summed E-state index contributed by atoms with van der Waals surface area (Å²) in [6.45, 7) is 6.44. The number of anilines is 1. The Morgan fingerprint density at radius 1 is 1.27 bits per heavy atom. The summed E-state index contributed by atoms with van der Waals surface area (Å²) in [6, 6.07) is 10.2. The standard InChI is InChI=1S/C27H28BrN5O4/c1-14(2)12-31-27(34)19-8-6-16(11-21(19)37-5)22-23-25(20(28)13-30-26(23)29)32(4)24(22)18-9-7-17(33(35)36)10-15(18)3/h6-11,13-14H,12H2,1-5H3,(H2,29,30)(H,31,34). The number of carbonyl (C=O) groups excluding carboxylic acids is 1. The molecule has 0 bridgehead atoms. The van der Waals surface area contributed by atoms with Crippen molar-refractivity contribution in [3.63, 3.8) is 0 Å². The molecule has 0 unspecified atom stereocenters. The van der Waals surface area contributed by atoms with Crippen LogP contribution in [0.2, 0.25) is 0 Å². The number of ether oxygens (including phenoxy) is 1. The molecule has 4 aromatic rings. The maximum atomic E-state index is 12.8. The van der Waals surface area contributed by atoms with Crippen molar-refractivity contribution >= 4 is 44.2 Å². The number of pyridine rings is 1. The second-order valence-corrected chi connectivity index (χ2v) is 10.1. The number of carbonyl (C=O) groups is 1. The Bertz CT molecular complexity index is 1540. The molecule has 0 aliphatic carbocycles. The summed E-state index contributed by atoms with van der Waals surface area (Å²) in [5.41, 5.74) is 11.6. The Hall–Kier alpha value is -3.92. The number of rotatable bonds is 7. The third-order valence-corrected chi connectivity index (χ3v) is 6.86. The van der Waals surface area contributed by atoms with Crippen molar-refractivity contribution in [3.05, 3.63) is 68.3 Å². The highest BCUT2D eigenvalue weighted by molar-refractivity contribution is 9.10. The molecule has 0 radical (unpaired) electrons. The second kappa shape index (κ2) is 10.2. The van der Waals surface area contributed by atoms with Gasteiger partial charge in [0.25, 0.3) is 11.6 Å². The fourth-order valence-corrected chi connectivity index (χ4v) is 5.08. The summed E-state index contributed by atoms with van der Waals surface area (Å²) in [5.74, 6) is 0.854. The number of nitro groups is 1. The van der Waals surface area contributed by atoms with Crippen LogP contribution in [-0.4, -0.2) is 34.0 Å². The van der Waals surface area contributed by atoms with Crippen LogP contribution < -0.4 is 15.8 Å². The van der Waals surface area contributed by atoms with Crippen molar-refractivity contribution in [2.24, 2.45) is 13.0 Å². The average molecular weight is 566 g/mol. The average Bonchev–Trinajstić information content (AvgIpc) is 3.18. The molecule has 9 nitrogen and oxygen atoms in total. The number of amides is 1. The second-order valence-electron chi connectivity index (χ2n) is 9.27. The van der Waals surface area contributed by atoms with E-state index in [0.29, 0.717) is 29.6 Å². The number of benzene rings is 2. The first-order chi connectivity index (χ1) is 17.5. The number of halogens is 1. The van der Waals surface area contributed by atoms with Crippen LogP contribution in [0.3, 0.4) is 0 Å². The molecule has 2 aromatic heterocycles. The van der Waals surface area contributed by atoms with E-state index in [1.54, 1.807) is 24.4 Å². The molecule has 0 aliphatic heterocycles. The number of hydrogen-bond acceptors (Lipinski definition) is 6. The van der Waals surface area contributed by atoms with Gasteiger partial charge in [0.2, 0.25) is 0 Å². The van der Waals surface area contributed by atoms with Gasteiger partial charge in [-0.15, -0.1) is 0 Å². The van der Waals surface area contributed by atoms with E-state index in [-0.39, 0.29) is 11.6 Å². The highest BCUT2D eigenvalue weighted by atomic mass is 79.9. The van der Waals surface area contributed by atoms with Crippen LogP contribution in [0, 0.1) is 23.0 Å². The van der Waals surface area contributed by atoms with E-state index in [4.69, 9.17) is 10.5 Å². The molecular formula is C27H28BrN5O4. The summed E-state index contributed by atoms with van der Waals surface area (Å²) < 4.78 is 8.37. The molecule has 192 valence electrons. The molecule has 0 saturated carbocycles. The van der Waals surface area contributed by atoms with Crippen LogP contribution in [0.25, 0.3) is 33.3 Å². The van der Waals surface area contributed by atoms with Gasteiger partial charge >= 0.3 is 0 Å². The van der Waals surface area contributed by atoms with Crippen LogP contribution in [0.15, 0.2) is 47.1 Å². The summed E-state index contributed by atoms with van der Waals surface area (Å²) in [5, 5.41) is 15.0. The Morgan fingerprint density at radius 2 is 2.00 bits per heavy atom. The van der Waals surface area contributed by atoms with E-state index in [1.807, 2.05) is 44.5 Å². The molecular weight excluding hydrogens is 538 g/mol. The fourth-order valence-electron chi connectivity index (χ4n) is 4.51. The summed E-state index contributed by atoms with van der Waals surface area (Å²) in [7, 11) is 3.44. The number of aromatic nitrogens is 2. The van der Waals surface area contributed by atoms with Gasteiger partial charge in [0.15, 0.2) is 0 Å². The monoisotopic (exact) mass is 565 g/mol. The molecule has 0 spiro atoms. The predicted octanol–water partition coefficient (Wildman–Crippen LogP) is 5.86. The third kappa shape index (κ3) is 4.76. The smallest absolute Gasteiger partial charge is 0.269 e. The third-order valence-electron chi connectivity index (χ3n) is 6.28. The van der Waals surface area contributed by atoms with E-state index < -0.39 is 4.92 Å². The van der Waals surface area contributed by atoms with Gasteiger partial charge in [0.05, 0.1) is 38.7 Å². The number of non-ortho nitro benzene ring substituents is 1. The van der Waals surface area contributed by atoms with Crippen LogP contribution in [0.1, 0.15) is 29.8 Å². The SMILES string of the molecule is COc1cc(-c2c(-c3ccc([N+](=O)[O-])cc3C)n(C)c3c(Br)cnc(N)c23)ccc1C(=O)NCC(C)C. The molecule has 0 aliphatic rings. The number of nitrogens with one attached hydrogen (secondary N) is 1. The van der Waals surface area contributed by atoms with Crippen molar-refractivity contribution in [2.75, 3.05) is 19.4 Å². The molecule has 3 N–H and O–H groups in total. The first-order valence-corrected chi connectivity index (χ1v) is 12.5. The Morgan fingerprint density at radius 3 is 2.62 bits per heavy atom. The molecule has 0 fully saturated rings. The van der Waals surface area contributed by atoms with Gasteiger partial charge in [-0.05, 0) is 58.1 Å². The molecule has 0 atom stereocenters. The molecule has 1 amide bonds. The maximum absolute atomic E-state index is 12.8. The lowest BCUT2D eigenvalue weighted by atomic mass is 9.95. The number of methoxy groups -OCH3 is 1. The molecule has 10 heteroatoms. The van der Waals surface area contributed by atoms with E-state index in [0.717, 1.165) is 43.3 Å². The minimum absolute atomic E-state index is 0.0161. The maximum Gasteiger partial charge on any atom is 0.269 e. The number of hydrogen-bond donors (Lipinski definition) is 2. The molecule has 37 heavy (non-hydrogen) atoms. The van der Waals surface area contributed by atoms with Crippen LogP contribution in [-0.2, 0) is 7.05 Å². The summed E-state index contributed by atoms with van der Waals surface area (Å²) in [6.07, 6.45) is 1.65. The van der Waals surface area contributed by atoms with Crippen LogP contribution in [0.4, 0.5) is 11.5 Å². The van der Waals surface area contributed by atoms with Crippen molar-refractivity contribution in [3.8, 4) is 28.1 Å². The normalized spacial score (nSPS) is 11.2. The van der Waals surface area contributed by atoms with E-state index >= 15 is 0 Å². The minimum Gasteiger partial charge on any atom is -0.496 e. The number of nitrogens with zero attached hydrogens (tertiary/aromatic N) is 3. The first kappa shape index (κ1) is 26.2. The first-order valence-electron chi connectivity index (χ1n) is 11.7. The zero-order chi connectivity index (χ0) is 27.0. The van der Waals surface area contributed by atoms with Gasteiger partial charge in [0, 0.05) is 43.0 Å². The Balaban J connectivity index is 2.00. The minimum atomic E-state index is -0.411. The van der Waals surface area contributed by atoms with Crippen molar-refractivity contribution in [2.45, 2.75) is 20.8 Å². The summed E-state index contributed by atoms with van der Waals surface area (Å²) in [4.78, 5) is 28.1. The quantitative estimate of drug-likeness (QED) is 0.213. The molecule has 0 saturated heterocycles. The number of aryl methyl sites for hydroxylation is 2.